The number of ether oxygens (including phenoxy) is 1. The largest absolute Gasteiger partial charge is 0.416 e. The molecule has 0 spiro atoms. The minimum absolute atomic E-state index is 0.0653. The van der Waals surface area contributed by atoms with Crippen LogP contribution in [0.5, 0.6) is 0 Å². The first-order valence-electron chi connectivity index (χ1n) is 5.91. The van der Waals surface area contributed by atoms with Gasteiger partial charge in [-0.05, 0) is 36.5 Å². The maximum absolute atomic E-state index is 12.4. The van der Waals surface area contributed by atoms with Crippen LogP contribution >= 0.6 is 0 Å². The number of aliphatic hydroxyl groups is 1. The van der Waals surface area contributed by atoms with E-state index < -0.39 is 17.8 Å². The van der Waals surface area contributed by atoms with Crippen LogP contribution in [0.3, 0.4) is 0 Å². The second-order valence-corrected chi connectivity index (χ2v) is 4.51. The van der Waals surface area contributed by atoms with Crippen LogP contribution in [0.25, 0.3) is 0 Å². The van der Waals surface area contributed by atoms with Crippen LogP contribution in [-0.2, 0) is 10.9 Å². The summed E-state index contributed by atoms with van der Waals surface area (Å²) >= 11 is 0. The molecule has 0 amide bonds. The summed E-state index contributed by atoms with van der Waals surface area (Å²) in [5, 5.41) is 10.1. The van der Waals surface area contributed by atoms with Gasteiger partial charge in [-0.15, -0.1) is 0 Å². The molecule has 0 bridgehead atoms. The lowest BCUT2D eigenvalue weighted by Crippen LogP contribution is -2.22. The lowest BCUT2D eigenvalue weighted by Gasteiger charge is -2.27. The van der Waals surface area contributed by atoms with Gasteiger partial charge in [0.15, 0.2) is 0 Å². The molecule has 1 aliphatic heterocycles. The normalized spacial score (nSPS) is 19.8. The van der Waals surface area contributed by atoms with E-state index in [0.717, 1.165) is 25.0 Å². The zero-order chi connectivity index (χ0) is 13.2. The maximum Gasteiger partial charge on any atom is 0.416 e. The first-order chi connectivity index (χ1) is 8.48. The van der Waals surface area contributed by atoms with Crippen LogP contribution in [0, 0.1) is 5.92 Å². The van der Waals surface area contributed by atoms with Gasteiger partial charge < -0.3 is 9.84 Å². The van der Waals surface area contributed by atoms with E-state index in [0.29, 0.717) is 18.8 Å². The van der Waals surface area contributed by atoms with Crippen molar-refractivity contribution >= 4 is 0 Å². The number of alkyl halides is 3. The summed E-state index contributed by atoms with van der Waals surface area (Å²) < 4.78 is 42.4. The first-order valence-corrected chi connectivity index (χ1v) is 5.91. The summed E-state index contributed by atoms with van der Waals surface area (Å²) in [6, 6.07) is 4.72. The van der Waals surface area contributed by atoms with Gasteiger partial charge in [0, 0.05) is 13.2 Å². The standard InChI is InChI=1S/C13H15F3O2/c14-13(15,16)11-3-1-9(2-4-11)12(17)10-5-7-18-8-6-10/h1-4,10,12,17H,5-8H2. The highest BCUT2D eigenvalue weighted by Gasteiger charge is 2.31. The van der Waals surface area contributed by atoms with Crippen LogP contribution in [0.15, 0.2) is 24.3 Å². The molecule has 1 atom stereocenters. The molecule has 1 aromatic rings. The monoisotopic (exact) mass is 260 g/mol. The van der Waals surface area contributed by atoms with Crippen LogP contribution in [0.1, 0.15) is 30.1 Å². The number of aliphatic hydroxyl groups excluding tert-OH is 1. The van der Waals surface area contributed by atoms with Crippen LogP contribution in [0.2, 0.25) is 0 Å². The molecule has 1 heterocycles. The molecule has 5 heteroatoms. The third-order valence-corrected chi connectivity index (χ3v) is 3.29. The topological polar surface area (TPSA) is 29.5 Å². The Labute approximate surface area is 103 Å². The Kier molecular flexibility index (Phi) is 3.92. The van der Waals surface area contributed by atoms with Gasteiger partial charge in [0.25, 0.3) is 0 Å². The van der Waals surface area contributed by atoms with Gasteiger partial charge in [-0.1, -0.05) is 12.1 Å². The van der Waals surface area contributed by atoms with Crippen LogP contribution in [0.4, 0.5) is 13.2 Å². The van der Waals surface area contributed by atoms with Crippen molar-refractivity contribution in [2.24, 2.45) is 5.92 Å². The van der Waals surface area contributed by atoms with Gasteiger partial charge in [-0.25, -0.2) is 0 Å². The van der Waals surface area contributed by atoms with Gasteiger partial charge in [-0.3, -0.25) is 0 Å². The third-order valence-electron chi connectivity index (χ3n) is 3.29. The van der Waals surface area contributed by atoms with Crippen molar-refractivity contribution in [2.45, 2.75) is 25.1 Å². The predicted octanol–water partition coefficient (Wildman–Crippen LogP) is 3.17. The summed E-state index contributed by atoms with van der Waals surface area (Å²) in [5.74, 6) is 0.0653. The fraction of sp³-hybridized carbons (Fsp3) is 0.538. The molecule has 0 aliphatic carbocycles. The molecule has 1 aliphatic rings. The lowest BCUT2D eigenvalue weighted by atomic mass is 9.89. The Balaban J connectivity index is 2.09. The zero-order valence-electron chi connectivity index (χ0n) is 9.78. The molecule has 1 N–H and O–H groups in total. The van der Waals surface area contributed by atoms with Gasteiger partial charge >= 0.3 is 6.18 Å². The van der Waals surface area contributed by atoms with Crippen molar-refractivity contribution < 1.29 is 23.0 Å². The smallest absolute Gasteiger partial charge is 0.388 e. The van der Waals surface area contributed by atoms with Crippen molar-refractivity contribution in [1.29, 1.82) is 0 Å². The quantitative estimate of drug-likeness (QED) is 0.885. The molecular weight excluding hydrogens is 245 g/mol. The molecule has 100 valence electrons. The maximum atomic E-state index is 12.4. The SMILES string of the molecule is OC(c1ccc(C(F)(F)F)cc1)C1CCOCC1. The van der Waals surface area contributed by atoms with E-state index in [-0.39, 0.29) is 5.92 Å². The number of benzene rings is 1. The van der Waals surface area contributed by atoms with E-state index in [2.05, 4.69) is 0 Å². The van der Waals surface area contributed by atoms with Gasteiger partial charge in [0.05, 0.1) is 11.7 Å². The third kappa shape index (κ3) is 3.03. The van der Waals surface area contributed by atoms with E-state index in [9.17, 15) is 18.3 Å². The molecule has 1 aromatic carbocycles. The van der Waals surface area contributed by atoms with Crippen LogP contribution in [-0.4, -0.2) is 18.3 Å². The fourth-order valence-electron chi connectivity index (χ4n) is 2.17. The number of halogens is 3. The molecule has 0 saturated carbocycles. The average molecular weight is 260 g/mol. The molecule has 18 heavy (non-hydrogen) atoms. The molecule has 2 rings (SSSR count). The molecule has 0 aromatic heterocycles. The number of hydrogen-bond donors (Lipinski definition) is 1. The molecular formula is C13H15F3O2. The van der Waals surface area contributed by atoms with Crippen molar-refractivity contribution in [3.05, 3.63) is 35.4 Å². The summed E-state index contributed by atoms with van der Waals surface area (Å²) in [6.07, 6.45) is -3.57. The van der Waals surface area contributed by atoms with Crippen molar-refractivity contribution in [1.82, 2.24) is 0 Å². The lowest BCUT2D eigenvalue weighted by molar-refractivity contribution is -0.137. The summed E-state index contributed by atoms with van der Waals surface area (Å²) in [7, 11) is 0. The highest BCUT2D eigenvalue weighted by molar-refractivity contribution is 5.26. The predicted molar refractivity (Wildman–Crippen MR) is 59.9 cm³/mol. The average Bonchev–Trinajstić information content (AvgIpc) is 2.38. The van der Waals surface area contributed by atoms with Gasteiger partial charge in [0.1, 0.15) is 0 Å². The highest BCUT2D eigenvalue weighted by atomic mass is 19.4. The van der Waals surface area contributed by atoms with Crippen LogP contribution < -0.4 is 0 Å². The van der Waals surface area contributed by atoms with E-state index in [1.807, 2.05) is 0 Å². The van der Waals surface area contributed by atoms with Gasteiger partial charge in [-0.2, -0.15) is 13.2 Å². The van der Waals surface area contributed by atoms with E-state index in [4.69, 9.17) is 4.74 Å². The molecule has 1 fully saturated rings. The minimum Gasteiger partial charge on any atom is -0.388 e. The Bertz CT molecular complexity index is 380. The Morgan fingerprint density at radius 1 is 1.11 bits per heavy atom. The first kappa shape index (κ1) is 13.4. The zero-order valence-corrected chi connectivity index (χ0v) is 9.78. The summed E-state index contributed by atoms with van der Waals surface area (Å²) in [4.78, 5) is 0. The Morgan fingerprint density at radius 3 is 2.17 bits per heavy atom. The van der Waals surface area contributed by atoms with E-state index in [1.54, 1.807) is 0 Å². The second-order valence-electron chi connectivity index (χ2n) is 4.51. The molecule has 1 saturated heterocycles. The molecule has 2 nitrogen and oxygen atoms in total. The molecule has 1 unspecified atom stereocenters. The Morgan fingerprint density at radius 2 is 1.67 bits per heavy atom. The van der Waals surface area contributed by atoms with Crippen molar-refractivity contribution in [3.63, 3.8) is 0 Å². The van der Waals surface area contributed by atoms with Crippen molar-refractivity contribution in [3.8, 4) is 0 Å². The molecule has 0 radical (unpaired) electrons. The summed E-state index contributed by atoms with van der Waals surface area (Å²) in [6.45, 7) is 1.20. The fourth-order valence-corrected chi connectivity index (χ4v) is 2.17. The Hall–Kier alpha value is -1.07. The highest BCUT2D eigenvalue weighted by Crippen LogP contribution is 2.33. The minimum atomic E-state index is -4.33. The second kappa shape index (κ2) is 5.28. The summed E-state index contributed by atoms with van der Waals surface area (Å²) in [5.41, 5.74) is -0.152. The number of rotatable bonds is 2. The van der Waals surface area contributed by atoms with E-state index >= 15 is 0 Å². The van der Waals surface area contributed by atoms with Gasteiger partial charge in [0.2, 0.25) is 0 Å². The van der Waals surface area contributed by atoms with Crippen molar-refractivity contribution in [2.75, 3.05) is 13.2 Å². The van der Waals surface area contributed by atoms with E-state index in [1.165, 1.54) is 12.1 Å². The number of hydrogen-bond acceptors (Lipinski definition) is 2.